The number of hydrazine groups is 1. The Bertz CT molecular complexity index is 618. The van der Waals surface area contributed by atoms with E-state index in [1.807, 2.05) is 0 Å². The number of hydrogen-bond acceptors (Lipinski definition) is 5. The number of carbonyl (C=O) groups is 1. The molecule has 114 valence electrons. The normalized spacial score (nSPS) is 15.6. The van der Waals surface area contributed by atoms with E-state index < -0.39 is 30.0 Å². The monoisotopic (exact) mass is 323 g/mol. The molecule has 2 rings (SSSR count). The minimum Gasteiger partial charge on any atom is -0.480 e. The Labute approximate surface area is 121 Å². The van der Waals surface area contributed by atoms with Gasteiger partial charge in [0.1, 0.15) is 5.02 Å². The fourth-order valence-electron chi connectivity index (χ4n) is 1.87. The molecule has 0 fully saturated rings. The number of alkyl halides is 3. The van der Waals surface area contributed by atoms with E-state index in [2.05, 4.69) is 10.4 Å². The fourth-order valence-corrected chi connectivity index (χ4v) is 2.14. The number of nitrogens with one attached hydrogen (secondary N) is 1. The largest absolute Gasteiger partial charge is 0.480 e. The maximum atomic E-state index is 13.1. The van der Waals surface area contributed by atoms with Gasteiger partial charge in [-0.25, -0.2) is 15.2 Å². The predicted molar refractivity (Wildman–Crippen MR) is 67.0 cm³/mol. The summed E-state index contributed by atoms with van der Waals surface area (Å²) >= 11 is 5.93. The summed E-state index contributed by atoms with van der Waals surface area (Å²) in [5, 5.41) is 9.30. The van der Waals surface area contributed by atoms with Crippen LogP contribution in [0, 0.1) is 0 Å². The van der Waals surface area contributed by atoms with Gasteiger partial charge >= 0.3 is 12.1 Å². The Balaban J connectivity index is 2.57. The summed E-state index contributed by atoms with van der Waals surface area (Å²) in [5.74, 6) is -1.73. The number of pyridine rings is 1. The van der Waals surface area contributed by atoms with E-state index in [9.17, 15) is 18.0 Å². The summed E-state index contributed by atoms with van der Waals surface area (Å²) < 4.78 is 44.2. The number of aliphatic carboxylic acids is 1. The molecule has 0 amide bonds. The number of ether oxygens (including phenoxy) is 1. The lowest BCUT2D eigenvalue weighted by atomic mass is 10.2. The van der Waals surface area contributed by atoms with Gasteiger partial charge in [0.15, 0.2) is 5.70 Å². The van der Waals surface area contributed by atoms with Crippen molar-refractivity contribution in [1.82, 2.24) is 10.4 Å². The molecule has 0 radical (unpaired) electrons. The van der Waals surface area contributed by atoms with Gasteiger partial charge in [-0.15, -0.1) is 0 Å². The summed E-state index contributed by atoms with van der Waals surface area (Å²) in [6, 6.07) is 1.22. The van der Waals surface area contributed by atoms with E-state index in [1.54, 1.807) is 0 Å². The van der Waals surface area contributed by atoms with E-state index in [0.29, 0.717) is 5.01 Å². The molecule has 10 heteroatoms. The lowest BCUT2D eigenvalue weighted by molar-refractivity contribution is -0.133. The van der Waals surface area contributed by atoms with E-state index >= 15 is 0 Å². The average Bonchev–Trinajstić information content (AvgIpc) is 2.83. The van der Waals surface area contributed by atoms with Crippen LogP contribution in [0.2, 0.25) is 5.02 Å². The van der Waals surface area contributed by atoms with Crippen LogP contribution in [0.15, 0.2) is 23.5 Å². The molecule has 0 aromatic carbocycles. The molecule has 1 aromatic rings. The van der Waals surface area contributed by atoms with Crippen molar-refractivity contribution in [3.63, 3.8) is 0 Å². The van der Waals surface area contributed by atoms with Crippen LogP contribution in [0.1, 0.15) is 0 Å². The number of allylic oxidation sites excluding steroid dienone is 1. The third-order valence-electron chi connectivity index (χ3n) is 2.72. The molecule has 0 atom stereocenters. The summed E-state index contributed by atoms with van der Waals surface area (Å²) in [5.41, 5.74) is 0.114. The molecule has 1 aromatic heterocycles. The molecule has 6 nitrogen and oxygen atoms in total. The first-order valence-corrected chi connectivity index (χ1v) is 5.91. The zero-order valence-electron chi connectivity index (χ0n) is 10.5. The highest BCUT2D eigenvalue weighted by Gasteiger charge is 2.46. The SMILES string of the molecule is COc1nccc(N2NCC(C(=O)O)=C2C(F)(F)F)c1Cl. The standard InChI is InChI=1S/C11H9ClF3N3O3/c1-21-9-7(12)6(2-3-16-9)18-8(11(13,14)15)5(4-17-18)10(19)20/h2-3,17H,4H2,1H3,(H,19,20). The first-order chi connectivity index (χ1) is 9.77. The average molecular weight is 324 g/mol. The van der Waals surface area contributed by atoms with Gasteiger partial charge in [0.25, 0.3) is 0 Å². The van der Waals surface area contributed by atoms with E-state index in [1.165, 1.54) is 19.4 Å². The van der Waals surface area contributed by atoms with Crippen LogP contribution < -0.4 is 15.2 Å². The van der Waals surface area contributed by atoms with Crippen LogP contribution >= 0.6 is 11.6 Å². The maximum absolute atomic E-state index is 13.1. The van der Waals surface area contributed by atoms with Crippen LogP contribution in [0.5, 0.6) is 5.88 Å². The Morgan fingerprint density at radius 2 is 2.24 bits per heavy atom. The molecule has 2 N–H and O–H groups in total. The van der Waals surface area contributed by atoms with Gasteiger partial charge < -0.3 is 9.84 Å². The van der Waals surface area contributed by atoms with Crippen molar-refractivity contribution in [2.45, 2.75) is 6.18 Å². The number of anilines is 1. The maximum Gasteiger partial charge on any atom is 0.433 e. The first kappa shape index (κ1) is 15.4. The second kappa shape index (κ2) is 5.41. The predicted octanol–water partition coefficient (Wildman–Crippen LogP) is 1.97. The van der Waals surface area contributed by atoms with Crippen LogP contribution in [0.4, 0.5) is 18.9 Å². The summed E-state index contributed by atoms with van der Waals surface area (Å²) in [6.45, 7) is -0.481. The van der Waals surface area contributed by atoms with Crippen molar-refractivity contribution in [2.75, 3.05) is 18.7 Å². The zero-order chi connectivity index (χ0) is 15.8. The highest BCUT2D eigenvalue weighted by atomic mass is 35.5. The molecule has 1 aliphatic heterocycles. The van der Waals surface area contributed by atoms with Crippen molar-refractivity contribution < 1.29 is 27.8 Å². The Kier molecular flexibility index (Phi) is 3.97. The molecule has 0 unspecified atom stereocenters. The van der Waals surface area contributed by atoms with Gasteiger partial charge in [0, 0.05) is 12.7 Å². The van der Waals surface area contributed by atoms with Crippen LogP contribution in [-0.4, -0.2) is 35.9 Å². The molecule has 21 heavy (non-hydrogen) atoms. The molecule has 2 heterocycles. The second-order valence-corrected chi connectivity index (χ2v) is 4.33. The molecule has 0 bridgehead atoms. The number of nitrogens with zero attached hydrogens (tertiary/aromatic N) is 2. The van der Waals surface area contributed by atoms with Crippen molar-refractivity contribution in [3.8, 4) is 5.88 Å². The number of hydrogen-bond donors (Lipinski definition) is 2. The van der Waals surface area contributed by atoms with Gasteiger partial charge in [-0.3, -0.25) is 5.01 Å². The number of carboxylic acids is 1. The first-order valence-electron chi connectivity index (χ1n) is 5.53. The van der Waals surface area contributed by atoms with Gasteiger partial charge in [-0.2, -0.15) is 13.2 Å². The van der Waals surface area contributed by atoms with Crippen molar-refractivity contribution in [1.29, 1.82) is 0 Å². The summed E-state index contributed by atoms with van der Waals surface area (Å²) in [7, 11) is 1.26. The minimum atomic E-state index is -4.86. The van der Waals surface area contributed by atoms with Gasteiger partial charge in [-0.1, -0.05) is 11.6 Å². The number of rotatable bonds is 3. The lowest BCUT2D eigenvalue weighted by Crippen LogP contribution is -2.37. The molecular weight excluding hydrogens is 315 g/mol. The molecule has 0 saturated heterocycles. The van der Waals surface area contributed by atoms with Crippen molar-refractivity contribution in [2.24, 2.45) is 0 Å². The fraction of sp³-hybridized carbons (Fsp3) is 0.273. The number of methoxy groups -OCH3 is 1. The summed E-state index contributed by atoms with van der Waals surface area (Å²) in [6.07, 6.45) is -3.66. The van der Waals surface area contributed by atoms with E-state index in [0.717, 1.165) is 0 Å². The van der Waals surface area contributed by atoms with Gasteiger partial charge in [0.2, 0.25) is 5.88 Å². The van der Waals surface area contributed by atoms with Crippen molar-refractivity contribution >= 4 is 23.3 Å². The highest BCUT2D eigenvalue weighted by molar-refractivity contribution is 6.34. The van der Waals surface area contributed by atoms with Gasteiger partial charge in [0.05, 0.1) is 18.4 Å². The summed E-state index contributed by atoms with van der Waals surface area (Å²) in [4.78, 5) is 14.7. The highest BCUT2D eigenvalue weighted by Crippen LogP contribution is 2.40. The third kappa shape index (κ3) is 2.74. The van der Waals surface area contributed by atoms with Crippen LogP contribution in [0.3, 0.4) is 0 Å². The minimum absolute atomic E-state index is 0.0683. The Morgan fingerprint density at radius 1 is 1.57 bits per heavy atom. The smallest absolute Gasteiger partial charge is 0.433 e. The van der Waals surface area contributed by atoms with Crippen molar-refractivity contribution in [3.05, 3.63) is 28.6 Å². The molecular formula is C11H9ClF3N3O3. The van der Waals surface area contributed by atoms with Gasteiger partial charge in [-0.05, 0) is 6.07 Å². The topological polar surface area (TPSA) is 74.7 Å². The van der Waals surface area contributed by atoms with Crippen LogP contribution in [0.25, 0.3) is 0 Å². The zero-order valence-corrected chi connectivity index (χ0v) is 11.3. The van der Waals surface area contributed by atoms with E-state index in [-0.39, 0.29) is 16.6 Å². The lowest BCUT2D eigenvalue weighted by Gasteiger charge is -2.24. The number of halogens is 4. The quantitative estimate of drug-likeness (QED) is 0.886. The van der Waals surface area contributed by atoms with E-state index in [4.69, 9.17) is 21.4 Å². The molecule has 1 aliphatic rings. The molecule has 0 spiro atoms. The Morgan fingerprint density at radius 3 is 2.76 bits per heavy atom. The number of aromatic nitrogens is 1. The molecule has 0 aliphatic carbocycles. The second-order valence-electron chi connectivity index (χ2n) is 3.95. The number of carboxylic acid groups (broad SMARTS) is 1. The Hall–Kier alpha value is -2.00. The van der Waals surface area contributed by atoms with Crippen LogP contribution in [-0.2, 0) is 4.79 Å². The third-order valence-corrected chi connectivity index (χ3v) is 3.08. The molecule has 0 saturated carbocycles.